The first-order valence-electron chi connectivity index (χ1n) is 12.2. The Labute approximate surface area is 217 Å². The van der Waals surface area contributed by atoms with Crippen LogP contribution in [0.4, 0.5) is 5.69 Å². The van der Waals surface area contributed by atoms with E-state index in [4.69, 9.17) is 0 Å². The van der Waals surface area contributed by atoms with Gasteiger partial charge < -0.3 is 10.3 Å². The fourth-order valence-electron chi connectivity index (χ4n) is 4.44. The normalized spacial score (nSPS) is 11.4. The third-order valence-corrected chi connectivity index (χ3v) is 7.36. The van der Waals surface area contributed by atoms with E-state index in [0.29, 0.717) is 12.1 Å². The number of nitrogens with one attached hydrogen (secondary N) is 3. The zero-order valence-electron chi connectivity index (χ0n) is 20.5. The van der Waals surface area contributed by atoms with Crippen molar-refractivity contribution in [3.63, 3.8) is 0 Å². The Morgan fingerprint density at radius 2 is 1.89 bits per heavy atom. The number of hydrogen-bond acceptors (Lipinski definition) is 6. The molecule has 9 heteroatoms. The van der Waals surface area contributed by atoms with Crippen LogP contribution < -0.4 is 5.32 Å². The summed E-state index contributed by atoms with van der Waals surface area (Å²) < 4.78 is 0. The molecule has 6 aromatic heterocycles. The number of amides is 1. The smallest absolute Gasteiger partial charge is 0.224 e. The Morgan fingerprint density at radius 1 is 1.00 bits per heavy atom. The van der Waals surface area contributed by atoms with Gasteiger partial charge in [-0.25, -0.2) is 0 Å². The van der Waals surface area contributed by atoms with Crippen LogP contribution in [0.2, 0.25) is 0 Å². The minimum Gasteiger partial charge on any atom is -0.352 e. The molecule has 0 radical (unpaired) electrons. The van der Waals surface area contributed by atoms with E-state index in [0.717, 1.165) is 62.9 Å². The van der Waals surface area contributed by atoms with Crippen LogP contribution in [-0.2, 0) is 4.79 Å². The lowest BCUT2D eigenvalue weighted by atomic mass is 10.1. The van der Waals surface area contributed by atoms with E-state index < -0.39 is 0 Å². The van der Waals surface area contributed by atoms with Crippen LogP contribution in [0.25, 0.3) is 54.9 Å². The highest BCUT2D eigenvalue weighted by atomic mass is 32.1. The van der Waals surface area contributed by atoms with Crippen molar-refractivity contribution < 1.29 is 4.79 Å². The SMILES string of the molecule is CCCCC(=O)Nc1cncc(-c2cc3c(-c4cc5c(-c6ccc(C)s6)cncc5[nH]4)n[nH]c3cn2)c1. The van der Waals surface area contributed by atoms with Crippen molar-refractivity contribution in [2.45, 2.75) is 33.1 Å². The second-order valence-electron chi connectivity index (χ2n) is 9.04. The quantitative estimate of drug-likeness (QED) is 0.222. The fraction of sp³-hybridized carbons (Fsp3) is 0.179. The van der Waals surface area contributed by atoms with Crippen LogP contribution >= 0.6 is 11.3 Å². The van der Waals surface area contributed by atoms with E-state index in [2.05, 4.69) is 67.5 Å². The number of carbonyl (C=O) groups is 1. The van der Waals surface area contributed by atoms with Gasteiger partial charge in [0.05, 0.1) is 46.7 Å². The van der Waals surface area contributed by atoms with Gasteiger partial charge in [0.2, 0.25) is 5.91 Å². The molecule has 0 unspecified atom stereocenters. The number of unbranched alkanes of at least 4 members (excludes halogenated alkanes) is 1. The van der Waals surface area contributed by atoms with Gasteiger partial charge in [-0.2, -0.15) is 5.10 Å². The van der Waals surface area contributed by atoms with Crippen molar-refractivity contribution in [1.29, 1.82) is 0 Å². The number of anilines is 1. The number of thiophene rings is 1. The highest BCUT2D eigenvalue weighted by Crippen LogP contribution is 2.36. The maximum absolute atomic E-state index is 12.2. The van der Waals surface area contributed by atoms with Crippen LogP contribution in [0.15, 0.2) is 61.3 Å². The summed E-state index contributed by atoms with van der Waals surface area (Å²) in [6.07, 6.45) is 11.3. The number of aromatic nitrogens is 6. The largest absolute Gasteiger partial charge is 0.352 e. The molecule has 8 nitrogen and oxygen atoms in total. The lowest BCUT2D eigenvalue weighted by molar-refractivity contribution is -0.116. The van der Waals surface area contributed by atoms with E-state index in [1.54, 1.807) is 29.9 Å². The number of fused-ring (bicyclic) bond motifs is 2. The van der Waals surface area contributed by atoms with Gasteiger partial charge in [0, 0.05) is 50.5 Å². The molecule has 1 amide bonds. The van der Waals surface area contributed by atoms with Crippen LogP contribution in [-0.4, -0.2) is 36.0 Å². The average molecular weight is 508 g/mol. The number of hydrogen-bond donors (Lipinski definition) is 3. The number of rotatable bonds is 7. The Balaban J connectivity index is 1.37. The first-order valence-corrected chi connectivity index (χ1v) is 13.0. The van der Waals surface area contributed by atoms with E-state index in [-0.39, 0.29) is 5.91 Å². The highest BCUT2D eigenvalue weighted by molar-refractivity contribution is 7.15. The van der Waals surface area contributed by atoms with Gasteiger partial charge >= 0.3 is 0 Å². The van der Waals surface area contributed by atoms with Crippen molar-refractivity contribution >= 4 is 44.7 Å². The summed E-state index contributed by atoms with van der Waals surface area (Å²) in [5.41, 5.74) is 6.83. The molecular formula is C28H25N7OS. The average Bonchev–Trinajstić information content (AvgIpc) is 3.64. The van der Waals surface area contributed by atoms with Gasteiger partial charge in [0.15, 0.2) is 0 Å². The molecule has 6 heterocycles. The van der Waals surface area contributed by atoms with Gasteiger partial charge in [-0.1, -0.05) is 13.3 Å². The Morgan fingerprint density at radius 3 is 2.73 bits per heavy atom. The lowest BCUT2D eigenvalue weighted by Gasteiger charge is -2.07. The van der Waals surface area contributed by atoms with Crippen molar-refractivity contribution in [2.24, 2.45) is 0 Å². The summed E-state index contributed by atoms with van der Waals surface area (Å²) in [7, 11) is 0. The molecule has 184 valence electrons. The number of H-pyrrole nitrogens is 2. The summed E-state index contributed by atoms with van der Waals surface area (Å²) in [6, 6.07) is 10.3. The van der Waals surface area contributed by atoms with Crippen LogP contribution in [0, 0.1) is 6.92 Å². The molecule has 3 N–H and O–H groups in total. The Bertz CT molecular complexity index is 1750. The predicted octanol–water partition coefficient (Wildman–Crippen LogP) is 6.73. The molecule has 37 heavy (non-hydrogen) atoms. The fourth-order valence-corrected chi connectivity index (χ4v) is 5.34. The Hall–Kier alpha value is -4.37. The molecule has 6 rings (SSSR count). The molecule has 0 spiro atoms. The molecule has 0 aliphatic heterocycles. The maximum Gasteiger partial charge on any atom is 0.224 e. The molecule has 0 saturated carbocycles. The number of nitrogens with zero attached hydrogens (tertiary/aromatic N) is 4. The number of pyridine rings is 3. The first kappa shape index (κ1) is 23.1. The van der Waals surface area contributed by atoms with Crippen LogP contribution in [0.1, 0.15) is 31.1 Å². The zero-order valence-corrected chi connectivity index (χ0v) is 21.3. The third-order valence-electron chi connectivity index (χ3n) is 6.33. The van der Waals surface area contributed by atoms with E-state index >= 15 is 0 Å². The van der Waals surface area contributed by atoms with E-state index in [9.17, 15) is 4.79 Å². The first-order chi connectivity index (χ1) is 18.1. The molecule has 0 atom stereocenters. The maximum atomic E-state index is 12.2. The minimum absolute atomic E-state index is 0.00767. The summed E-state index contributed by atoms with van der Waals surface area (Å²) in [5.74, 6) is -0.00767. The van der Waals surface area contributed by atoms with Gasteiger partial charge in [-0.05, 0) is 43.7 Å². The van der Waals surface area contributed by atoms with E-state index in [1.807, 2.05) is 24.5 Å². The van der Waals surface area contributed by atoms with Crippen molar-refractivity contribution in [3.8, 4) is 33.1 Å². The van der Waals surface area contributed by atoms with Crippen molar-refractivity contribution in [3.05, 3.63) is 66.2 Å². The predicted molar refractivity (Wildman–Crippen MR) is 148 cm³/mol. The molecule has 0 aliphatic rings. The summed E-state index contributed by atoms with van der Waals surface area (Å²) in [6.45, 7) is 4.18. The van der Waals surface area contributed by atoms with Gasteiger partial charge in [-0.3, -0.25) is 24.8 Å². The molecule has 6 aromatic rings. The topological polar surface area (TPSA) is 112 Å². The van der Waals surface area contributed by atoms with Crippen molar-refractivity contribution in [2.75, 3.05) is 5.32 Å². The summed E-state index contributed by atoms with van der Waals surface area (Å²) >= 11 is 1.76. The van der Waals surface area contributed by atoms with Crippen molar-refractivity contribution in [1.82, 2.24) is 30.1 Å². The number of aryl methyl sites for hydroxylation is 1. The molecule has 0 bridgehead atoms. The monoisotopic (exact) mass is 507 g/mol. The standard InChI is InChI=1S/C28H25N7OS/c1-3-4-5-27(36)32-18-8-17(11-29-12-18)22-10-20-25(15-31-22)34-35-28(20)23-9-19-21(13-30-14-24(19)33-23)26-7-6-16(2)37-26/h6-15,33H,3-5H2,1-2H3,(H,32,36)(H,34,35). The van der Waals surface area contributed by atoms with Crippen LogP contribution in [0.5, 0.6) is 0 Å². The lowest BCUT2D eigenvalue weighted by Crippen LogP contribution is -2.11. The number of carbonyl (C=O) groups excluding carboxylic acids is 1. The van der Waals surface area contributed by atoms with Crippen LogP contribution in [0.3, 0.4) is 0 Å². The number of aromatic amines is 2. The molecule has 0 fully saturated rings. The molecule has 0 aliphatic carbocycles. The minimum atomic E-state index is -0.00767. The van der Waals surface area contributed by atoms with E-state index in [1.165, 1.54) is 9.75 Å². The third kappa shape index (κ3) is 4.49. The summed E-state index contributed by atoms with van der Waals surface area (Å²) in [4.78, 5) is 31.5. The molecule has 0 aromatic carbocycles. The summed E-state index contributed by atoms with van der Waals surface area (Å²) in [5, 5.41) is 12.7. The Kier molecular flexibility index (Phi) is 5.97. The second kappa shape index (κ2) is 9.59. The zero-order chi connectivity index (χ0) is 25.4. The van der Waals surface area contributed by atoms with Gasteiger partial charge in [0.25, 0.3) is 0 Å². The molecule has 0 saturated heterocycles. The highest BCUT2D eigenvalue weighted by Gasteiger charge is 2.16. The second-order valence-corrected chi connectivity index (χ2v) is 10.3. The van der Waals surface area contributed by atoms with Gasteiger partial charge in [0.1, 0.15) is 5.69 Å². The molecular weight excluding hydrogens is 482 g/mol. The van der Waals surface area contributed by atoms with Gasteiger partial charge in [-0.15, -0.1) is 11.3 Å².